The molecule has 1 aliphatic carbocycles. The highest BCUT2D eigenvalue weighted by molar-refractivity contribution is 6.22. The molecule has 5 heteroatoms. The van der Waals surface area contributed by atoms with Gasteiger partial charge < -0.3 is 15.8 Å². The normalized spacial score (nSPS) is 16.9. The van der Waals surface area contributed by atoms with E-state index in [0.717, 1.165) is 17.8 Å². The summed E-state index contributed by atoms with van der Waals surface area (Å²) in [5.41, 5.74) is 9.36. The molecule has 2 rings (SSSR count). The molecule has 0 saturated heterocycles. The van der Waals surface area contributed by atoms with Crippen LogP contribution in [0.25, 0.3) is 0 Å². The summed E-state index contributed by atoms with van der Waals surface area (Å²) in [5, 5.41) is 11.4. The third-order valence-corrected chi connectivity index (χ3v) is 4.35. The summed E-state index contributed by atoms with van der Waals surface area (Å²) >= 11 is 0. The Kier molecular flexibility index (Phi) is 7.65. The van der Waals surface area contributed by atoms with Crippen LogP contribution in [0, 0.1) is 11.3 Å². The molecule has 1 atom stereocenters. The van der Waals surface area contributed by atoms with Crippen LogP contribution in [0.3, 0.4) is 0 Å². The molecule has 1 aromatic rings. The van der Waals surface area contributed by atoms with E-state index in [2.05, 4.69) is 38.0 Å². The molecule has 5 nitrogen and oxygen atoms in total. The first-order valence-electron chi connectivity index (χ1n) is 9.75. The molecule has 0 saturated carbocycles. The Hall–Kier alpha value is -2.56. The van der Waals surface area contributed by atoms with Crippen molar-refractivity contribution in [1.29, 1.82) is 5.41 Å². The van der Waals surface area contributed by atoms with Gasteiger partial charge in [0.1, 0.15) is 5.76 Å². The molecule has 1 aliphatic rings. The molecule has 0 aromatic heterocycles. The van der Waals surface area contributed by atoms with Crippen molar-refractivity contribution >= 4 is 22.8 Å². The summed E-state index contributed by atoms with van der Waals surface area (Å²) in [5.74, 6) is 1.16. The summed E-state index contributed by atoms with van der Waals surface area (Å²) in [4.78, 5) is 4.62. The summed E-state index contributed by atoms with van der Waals surface area (Å²) in [6.45, 7) is 9.23. The van der Waals surface area contributed by atoms with E-state index in [1.165, 1.54) is 12.8 Å². The highest BCUT2D eigenvalue weighted by Crippen LogP contribution is 2.21. The van der Waals surface area contributed by atoms with Gasteiger partial charge in [-0.05, 0) is 56.5 Å². The maximum atomic E-state index is 8.09. The van der Waals surface area contributed by atoms with E-state index >= 15 is 0 Å². The fraction of sp³-hybridized carbons (Fsp3) is 0.455. The Labute approximate surface area is 162 Å². The van der Waals surface area contributed by atoms with E-state index in [1.54, 1.807) is 12.2 Å². The molecule has 0 radical (unpaired) electrons. The zero-order chi connectivity index (χ0) is 19.8. The third kappa shape index (κ3) is 6.59. The number of allylic oxidation sites excluding steroid dienone is 2. The number of nitrogens with zero attached hydrogens (tertiary/aromatic N) is 1. The first-order valence-corrected chi connectivity index (χ1v) is 9.75. The van der Waals surface area contributed by atoms with Crippen molar-refractivity contribution in [2.24, 2.45) is 16.6 Å². The van der Waals surface area contributed by atoms with Crippen molar-refractivity contribution in [3.05, 3.63) is 47.9 Å². The summed E-state index contributed by atoms with van der Waals surface area (Å²) < 4.78 is 5.84. The van der Waals surface area contributed by atoms with Crippen LogP contribution in [-0.2, 0) is 4.74 Å². The van der Waals surface area contributed by atoms with Crippen molar-refractivity contribution in [3.8, 4) is 0 Å². The topological polar surface area (TPSA) is 83.5 Å². The largest absolute Gasteiger partial charge is 0.491 e. The molecule has 4 N–H and O–H groups in total. The van der Waals surface area contributed by atoms with E-state index in [1.807, 2.05) is 24.3 Å². The number of anilines is 1. The maximum absolute atomic E-state index is 8.09. The first-order chi connectivity index (χ1) is 12.9. The minimum absolute atomic E-state index is 0.297. The lowest BCUT2D eigenvalue weighted by Gasteiger charge is -2.17. The maximum Gasteiger partial charge on any atom is 0.146 e. The van der Waals surface area contributed by atoms with Crippen LogP contribution >= 0.6 is 0 Å². The van der Waals surface area contributed by atoms with E-state index < -0.39 is 0 Å². The van der Waals surface area contributed by atoms with Gasteiger partial charge in [-0.25, -0.2) is 4.99 Å². The third-order valence-electron chi connectivity index (χ3n) is 4.35. The predicted molar refractivity (Wildman–Crippen MR) is 115 cm³/mol. The van der Waals surface area contributed by atoms with Crippen LogP contribution < -0.4 is 11.1 Å². The lowest BCUT2D eigenvalue weighted by Crippen LogP contribution is -2.20. The number of nitrogens with two attached hydrogens (primary N) is 1. The van der Waals surface area contributed by atoms with Crippen LogP contribution in [0.15, 0.2) is 52.9 Å². The van der Waals surface area contributed by atoms with Gasteiger partial charge in [-0.3, -0.25) is 5.41 Å². The van der Waals surface area contributed by atoms with Crippen molar-refractivity contribution < 1.29 is 4.74 Å². The summed E-state index contributed by atoms with van der Waals surface area (Å²) in [7, 11) is 0. The first kappa shape index (κ1) is 20.7. The van der Waals surface area contributed by atoms with Gasteiger partial charge in [0, 0.05) is 17.8 Å². The fourth-order valence-electron chi connectivity index (χ4n) is 2.91. The van der Waals surface area contributed by atoms with Crippen molar-refractivity contribution in [2.45, 2.75) is 53.0 Å². The predicted octanol–water partition coefficient (Wildman–Crippen LogP) is 5.18. The summed E-state index contributed by atoms with van der Waals surface area (Å²) in [6, 6.07) is 8.28. The number of nitrogens with one attached hydrogen (secondary N) is 2. The van der Waals surface area contributed by atoms with Gasteiger partial charge in [-0.15, -0.1) is 0 Å². The zero-order valence-corrected chi connectivity index (χ0v) is 16.9. The average Bonchev–Trinajstić information content (AvgIpc) is 2.60. The number of aliphatic imine (C=N–C) groups is 1. The van der Waals surface area contributed by atoms with Crippen LogP contribution in [0.5, 0.6) is 0 Å². The summed E-state index contributed by atoms with van der Waals surface area (Å²) in [6.07, 6.45) is 6.73. The molecule has 146 valence electrons. The Balaban J connectivity index is 2.07. The van der Waals surface area contributed by atoms with Crippen LogP contribution in [-0.4, -0.2) is 24.1 Å². The van der Waals surface area contributed by atoms with Crippen LogP contribution in [0.2, 0.25) is 0 Å². The Morgan fingerprint density at radius 2 is 1.81 bits per heavy atom. The number of ether oxygens (including phenoxy) is 1. The molecule has 1 aromatic carbocycles. The number of hydrogen-bond donors (Lipinski definition) is 3. The fourth-order valence-corrected chi connectivity index (χ4v) is 2.91. The second-order valence-corrected chi connectivity index (χ2v) is 7.40. The van der Waals surface area contributed by atoms with Crippen LogP contribution in [0.1, 0.15) is 47.0 Å². The van der Waals surface area contributed by atoms with E-state index in [-0.39, 0.29) is 0 Å². The molecule has 0 amide bonds. The number of hydrogen-bond acceptors (Lipinski definition) is 5. The van der Waals surface area contributed by atoms with Gasteiger partial charge >= 0.3 is 0 Å². The van der Waals surface area contributed by atoms with Crippen LogP contribution in [0.4, 0.5) is 11.4 Å². The van der Waals surface area contributed by atoms with E-state index in [9.17, 15) is 0 Å². The highest BCUT2D eigenvalue weighted by atomic mass is 16.5. The minimum atomic E-state index is 0.297. The number of rotatable bonds is 9. The van der Waals surface area contributed by atoms with Gasteiger partial charge in [0.25, 0.3) is 0 Å². The van der Waals surface area contributed by atoms with Crippen molar-refractivity contribution in [1.82, 2.24) is 0 Å². The van der Waals surface area contributed by atoms with Gasteiger partial charge in [-0.1, -0.05) is 26.7 Å². The quantitative estimate of drug-likeness (QED) is 0.525. The smallest absolute Gasteiger partial charge is 0.146 e. The minimum Gasteiger partial charge on any atom is -0.491 e. The van der Waals surface area contributed by atoms with Gasteiger partial charge in [0.05, 0.1) is 29.4 Å². The van der Waals surface area contributed by atoms with Gasteiger partial charge in [-0.2, -0.15) is 0 Å². The molecule has 0 spiro atoms. The average molecular weight is 369 g/mol. The molecule has 0 aliphatic heterocycles. The molecule has 0 heterocycles. The standard InChI is InChI=1S/C22H32N4O/c1-5-6-16(4)11-12-27-22-14-21(19(23)13-20(22)24)26-18-9-7-17(8-10-18)25-15(2)3/h7-10,13-16,24-25H,5-6,11-12,23H2,1-4H3/b24-20?,26-21-. The molecule has 1 unspecified atom stereocenters. The van der Waals surface area contributed by atoms with Crippen molar-refractivity contribution in [2.75, 3.05) is 11.9 Å². The molecule has 27 heavy (non-hydrogen) atoms. The van der Waals surface area contributed by atoms with Crippen molar-refractivity contribution in [3.63, 3.8) is 0 Å². The molecular formula is C22H32N4O. The highest BCUT2D eigenvalue weighted by Gasteiger charge is 2.16. The lowest BCUT2D eigenvalue weighted by molar-refractivity contribution is 0.207. The van der Waals surface area contributed by atoms with Gasteiger partial charge in [0.15, 0.2) is 0 Å². The Morgan fingerprint density at radius 3 is 2.44 bits per heavy atom. The van der Waals surface area contributed by atoms with Gasteiger partial charge in [0.2, 0.25) is 0 Å². The van der Waals surface area contributed by atoms with E-state index in [4.69, 9.17) is 15.9 Å². The Bertz CT molecular complexity index is 729. The molecule has 0 bridgehead atoms. The second-order valence-electron chi connectivity index (χ2n) is 7.40. The number of benzene rings is 1. The zero-order valence-electron chi connectivity index (χ0n) is 16.9. The monoisotopic (exact) mass is 368 g/mol. The Morgan fingerprint density at radius 1 is 1.11 bits per heavy atom. The molecular weight excluding hydrogens is 336 g/mol. The SMILES string of the molecule is CCCC(C)CCOC1=C/C(=N/c2ccc(NC(C)C)cc2)C(N)=CC1=N. The second kappa shape index (κ2) is 9.95. The molecule has 0 fully saturated rings. The lowest BCUT2D eigenvalue weighted by atomic mass is 10.0. The van der Waals surface area contributed by atoms with E-state index in [0.29, 0.717) is 41.4 Å².